The summed E-state index contributed by atoms with van der Waals surface area (Å²) in [6.45, 7) is 4.95. The van der Waals surface area contributed by atoms with E-state index in [0.717, 1.165) is 50.4 Å². The van der Waals surface area contributed by atoms with E-state index >= 15 is 0 Å². The van der Waals surface area contributed by atoms with Gasteiger partial charge in [0.15, 0.2) is 0 Å². The fraction of sp³-hybridized carbons (Fsp3) is 0.647. The number of piperidine rings is 1. The molecule has 0 bridgehead atoms. The minimum absolute atomic E-state index is 0.0622. The molecule has 4 heteroatoms. The molecule has 1 aromatic rings. The van der Waals surface area contributed by atoms with Crippen LogP contribution >= 0.6 is 0 Å². The molecule has 3 nitrogen and oxygen atoms in total. The van der Waals surface area contributed by atoms with E-state index in [1.807, 2.05) is 6.07 Å². The molecule has 2 heterocycles. The van der Waals surface area contributed by atoms with Crippen LogP contribution in [0.3, 0.4) is 0 Å². The summed E-state index contributed by atoms with van der Waals surface area (Å²) in [7, 11) is 2.12. The third-order valence-corrected chi connectivity index (χ3v) is 4.75. The molecule has 2 aliphatic rings. The lowest BCUT2D eigenvalue weighted by Crippen LogP contribution is -2.44. The fourth-order valence-corrected chi connectivity index (χ4v) is 3.36. The van der Waals surface area contributed by atoms with Gasteiger partial charge in [-0.05, 0) is 50.6 Å². The first-order valence-corrected chi connectivity index (χ1v) is 8.18. The van der Waals surface area contributed by atoms with Gasteiger partial charge in [0.05, 0.1) is 5.69 Å². The van der Waals surface area contributed by atoms with Crippen LogP contribution in [-0.4, -0.2) is 50.7 Å². The van der Waals surface area contributed by atoms with Crippen molar-refractivity contribution >= 4 is 5.69 Å². The molecular formula is C17H26FN3. The second-order valence-electron chi connectivity index (χ2n) is 6.43. The number of hydrogen-bond acceptors (Lipinski definition) is 3. The van der Waals surface area contributed by atoms with Crippen LogP contribution in [-0.2, 0) is 6.42 Å². The zero-order valence-electron chi connectivity index (χ0n) is 12.9. The van der Waals surface area contributed by atoms with Crippen LogP contribution in [0, 0.1) is 5.82 Å². The standard InChI is InChI=1S/C17H26FN3/c1-20-8-10-21(11-9-20)17-6-5-14(13-16(17)18)12-15-4-2-3-7-19-15/h5-6,13,15,19H,2-4,7-12H2,1H3. The van der Waals surface area contributed by atoms with Crippen LogP contribution in [0.1, 0.15) is 24.8 Å². The molecule has 0 amide bonds. The Morgan fingerprint density at radius 1 is 1.19 bits per heavy atom. The van der Waals surface area contributed by atoms with Crippen LogP contribution in [0.25, 0.3) is 0 Å². The number of halogens is 1. The number of nitrogens with zero attached hydrogens (tertiary/aromatic N) is 2. The van der Waals surface area contributed by atoms with E-state index < -0.39 is 0 Å². The van der Waals surface area contributed by atoms with Crippen molar-refractivity contribution in [2.75, 3.05) is 44.7 Å². The van der Waals surface area contributed by atoms with Gasteiger partial charge in [0.1, 0.15) is 5.82 Å². The lowest BCUT2D eigenvalue weighted by molar-refractivity contribution is 0.311. The average Bonchev–Trinajstić information content (AvgIpc) is 2.50. The monoisotopic (exact) mass is 291 g/mol. The van der Waals surface area contributed by atoms with Gasteiger partial charge >= 0.3 is 0 Å². The van der Waals surface area contributed by atoms with E-state index in [1.54, 1.807) is 6.07 Å². The smallest absolute Gasteiger partial charge is 0.146 e. The maximum Gasteiger partial charge on any atom is 0.146 e. The molecule has 2 aliphatic heterocycles. The normalized spacial score (nSPS) is 24.3. The first-order chi connectivity index (χ1) is 10.2. The van der Waals surface area contributed by atoms with E-state index in [2.05, 4.69) is 28.2 Å². The van der Waals surface area contributed by atoms with Crippen molar-refractivity contribution in [2.24, 2.45) is 0 Å². The van der Waals surface area contributed by atoms with Crippen molar-refractivity contribution in [1.29, 1.82) is 0 Å². The number of likely N-dealkylation sites (N-methyl/N-ethyl adjacent to an activating group) is 1. The second-order valence-corrected chi connectivity index (χ2v) is 6.43. The lowest BCUT2D eigenvalue weighted by atomic mass is 9.97. The third kappa shape index (κ3) is 3.74. The quantitative estimate of drug-likeness (QED) is 0.921. The van der Waals surface area contributed by atoms with Crippen molar-refractivity contribution in [1.82, 2.24) is 10.2 Å². The Morgan fingerprint density at radius 3 is 2.67 bits per heavy atom. The number of nitrogens with one attached hydrogen (secondary N) is 1. The van der Waals surface area contributed by atoms with Gasteiger partial charge in [0.2, 0.25) is 0 Å². The van der Waals surface area contributed by atoms with Gasteiger partial charge in [-0.2, -0.15) is 0 Å². The summed E-state index contributed by atoms with van der Waals surface area (Å²) in [4.78, 5) is 4.45. The number of benzene rings is 1. The summed E-state index contributed by atoms with van der Waals surface area (Å²) in [6.07, 6.45) is 4.72. The Kier molecular flexibility index (Phi) is 4.76. The maximum absolute atomic E-state index is 14.4. The minimum atomic E-state index is -0.0622. The minimum Gasteiger partial charge on any atom is -0.367 e. The molecule has 2 fully saturated rings. The van der Waals surface area contributed by atoms with Crippen LogP contribution < -0.4 is 10.2 Å². The van der Waals surface area contributed by atoms with Gasteiger partial charge < -0.3 is 15.1 Å². The predicted octanol–water partition coefficient (Wildman–Crippen LogP) is 2.26. The molecule has 0 aromatic heterocycles. The van der Waals surface area contributed by atoms with E-state index in [0.29, 0.717) is 6.04 Å². The molecule has 0 saturated carbocycles. The molecule has 116 valence electrons. The van der Waals surface area contributed by atoms with E-state index in [1.165, 1.54) is 19.3 Å². The van der Waals surface area contributed by atoms with E-state index in [4.69, 9.17) is 0 Å². The summed E-state index contributed by atoms with van der Waals surface area (Å²) >= 11 is 0. The van der Waals surface area contributed by atoms with Crippen molar-refractivity contribution < 1.29 is 4.39 Å². The largest absolute Gasteiger partial charge is 0.367 e. The molecular weight excluding hydrogens is 265 g/mol. The van der Waals surface area contributed by atoms with Crippen LogP contribution in [0.4, 0.5) is 10.1 Å². The van der Waals surface area contributed by atoms with Gasteiger partial charge in [-0.25, -0.2) is 4.39 Å². The number of hydrogen-bond donors (Lipinski definition) is 1. The Bertz CT molecular complexity index is 463. The third-order valence-electron chi connectivity index (χ3n) is 4.75. The molecule has 21 heavy (non-hydrogen) atoms. The molecule has 0 spiro atoms. The summed E-state index contributed by atoms with van der Waals surface area (Å²) in [6, 6.07) is 6.34. The van der Waals surface area contributed by atoms with Gasteiger partial charge in [0.25, 0.3) is 0 Å². The number of piperazine rings is 1. The number of anilines is 1. The molecule has 0 radical (unpaired) electrons. The van der Waals surface area contributed by atoms with Crippen molar-refractivity contribution in [3.63, 3.8) is 0 Å². The lowest BCUT2D eigenvalue weighted by Gasteiger charge is -2.34. The highest BCUT2D eigenvalue weighted by Gasteiger charge is 2.18. The zero-order valence-corrected chi connectivity index (χ0v) is 12.9. The molecule has 1 N–H and O–H groups in total. The van der Waals surface area contributed by atoms with Crippen molar-refractivity contribution in [3.05, 3.63) is 29.6 Å². The fourth-order valence-electron chi connectivity index (χ4n) is 3.36. The van der Waals surface area contributed by atoms with E-state index in [9.17, 15) is 4.39 Å². The van der Waals surface area contributed by atoms with Crippen LogP contribution in [0.5, 0.6) is 0 Å². The van der Waals surface area contributed by atoms with Gasteiger partial charge in [-0.1, -0.05) is 12.5 Å². The Morgan fingerprint density at radius 2 is 2.00 bits per heavy atom. The maximum atomic E-state index is 14.4. The van der Waals surface area contributed by atoms with Gasteiger partial charge in [-0.15, -0.1) is 0 Å². The first-order valence-electron chi connectivity index (χ1n) is 8.18. The van der Waals surface area contributed by atoms with Crippen LogP contribution in [0.2, 0.25) is 0 Å². The second kappa shape index (κ2) is 6.75. The SMILES string of the molecule is CN1CCN(c2ccc(CC3CCCCN3)cc2F)CC1. The highest BCUT2D eigenvalue weighted by atomic mass is 19.1. The Balaban J connectivity index is 1.64. The van der Waals surface area contributed by atoms with Gasteiger partial charge in [-0.3, -0.25) is 0 Å². The van der Waals surface area contributed by atoms with Gasteiger partial charge in [0, 0.05) is 32.2 Å². The molecule has 1 atom stereocenters. The summed E-state index contributed by atoms with van der Waals surface area (Å²) in [5, 5.41) is 3.53. The van der Waals surface area contributed by atoms with Crippen molar-refractivity contribution in [3.8, 4) is 0 Å². The summed E-state index contributed by atoms with van der Waals surface area (Å²) in [5.74, 6) is -0.0622. The van der Waals surface area contributed by atoms with Crippen LogP contribution in [0.15, 0.2) is 18.2 Å². The number of rotatable bonds is 3. The molecule has 0 aliphatic carbocycles. The topological polar surface area (TPSA) is 18.5 Å². The average molecular weight is 291 g/mol. The molecule has 2 saturated heterocycles. The molecule has 1 unspecified atom stereocenters. The zero-order chi connectivity index (χ0) is 14.7. The predicted molar refractivity (Wildman–Crippen MR) is 85.5 cm³/mol. The first kappa shape index (κ1) is 14.8. The van der Waals surface area contributed by atoms with E-state index in [-0.39, 0.29) is 5.82 Å². The Hall–Kier alpha value is -1.13. The molecule has 3 rings (SSSR count). The highest BCUT2D eigenvalue weighted by Crippen LogP contribution is 2.23. The summed E-state index contributed by atoms with van der Waals surface area (Å²) < 4.78 is 14.4. The molecule has 1 aromatic carbocycles. The van der Waals surface area contributed by atoms with Crippen molar-refractivity contribution in [2.45, 2.75) is 31.7 Å². The Labute approximate surface area is 127 Å². The summed E-state index contributed by atoms with van der Waals surface area (Å²) in [5.41, 5.74) is 1.88. The highest BCUT2D eigenvalue weighted by molar-refractivity contribution is 5.49.